The zero-order chi connectivity index (χ0) is 12.3. The van der Waals surface area contributed by atoms with E-state index in [1.165, 1.54) is 0 Å². The van der Waals surface area contributed by atoms with Crippen LogP contribution in [-0.4, -0.2) is 54.8 Å². The molecule has 92 valence electrons. The van der Waals surface area contributed by atoms with E-state index < -0.39 is 5.41 Å². The van der Waals surface area contributed by atoms with Gasteiger partial charge in [0.15, 0.2) is 0 Å². The lowest BCUT2D eigenvalue weighted by atomic mass is 9.92. The Balaban J connectivity index is 2.73. The monoisotopic (exact) mass is 227 g/mol. The lowest BCUT2D eigenvalue weighted by Crippen LogP contribution is -2.47. The number of hydrogen-bond acceptors (Lipinski definition) is 3. The molecule has 0 unspecified atom stereocenters. The molecule has 1 aliphatic heterocycles. The molecule has 2 amide bonds. The summed E-state index contributed by atoms with van der Waals surface area (Å²) in [5.74, 6) is -0.0303. The molecule has 1 rings (SSSR count). The number of amides is 2. The van der Waals surface area contributed by atoms with E-state index in [0.717, 1.165) is 6.42 Å². The molecule has 0 aromatic rings. The fourth-order valence-corrected chi connectivity index (χ4v) is 1.68. The van der Waals surface area contributed by atoms with Crippen LogP contribution in [0.25, 0.3) is 0 Å². The van der Waals surface area contributed by atoms with Gasteiger partial charge in [-0.3, -0.25) is 9.59 Å². The average molecular weight is 227 g/mol. The molecule has 0 spiro atoms. The van der Waals surface area contributed by atoms with E-state index in [0.29, 0.717) is 19.6 Å². The van der Waals surface area contributed by atoms with Gasteiger partial charge in [-0.15, -0.1) is 0 Å². The number of nitrogens with zero attached hydrogens (tertiary/aromatic N) is 2. The molecule has 16 heavy (non-hydrogen) atoms. The molecule has 1 heterocycles. The zero-order valence-electron chi connectivity index (χ0n) is 10.3. The largest absolute Gasteiger partial charge is 0.344 e. The van der Waals surface area contributed by atoms with Gasteiger partial charge in [-0.25, -0.2) is 0 Å². The molecule has 0 radical (unpaired) electrons. The number of likely N-dealkylation sites (N-methyl/N-ethyl adjacent to an activating group) is 1. The number of carbonyl (C=O) groups excluding carboxylic acids is 2. The maximum absolute atomic E-state index is 12.1. The quantitative estimate of drug-likeness (QED) is 0.702. The maximum Gasteiger partial charge on any atom is 0.241 e. The highest BCUT2D eigenvalue weighted by atomic mass is 16.2. The van der Waals surface area contributed by atoms with Crippen LogP contribution in [0.5, 0.6) is 0 Å². The minimum absolute atomic E-state index is 0.00123. The van der Waals surface area contributed by atoms with Gasteiger partial charge < -0.3 is 15.5 Å². The van der Waals surface area contributed by atoms with E-state index >= 15 is 0 Å². The summed E-state index contributed by atoms with van der Waals surface area (Å²) in [6.45, 7) is 5.46. The molecule has 5 heteroatoms. The standard InChI is InChI=1S/C11H21N3O2/c1-11(2,8-12)10(16)14-6-4-5-13(3)9(15)7-14/h4-8,12H2,1-3H3. The Morgan fingerprint density at radius 1 is 1.44 bits per heavy atom. The highest BCUT2D eigenvalue weighted by molar-refractivity contribution is 5.88. The molecule has 1 saturated heterocycles. The first-order valence-corrected chi connectivity index (χ1v) is 5.62. The van der Waals surface area contributed by atoms with Crippen LogP contribution in [0.2, 0.25) is 0 Å². The minimum atomic E-state index is -0.580. The van der Waals surface area contributed by atoms with Crippen molar-refractivity contribution in [2.45, 2.75) is 20.3 Å². The van der Waals surface area contributed by atoms with Crippen molar-refractivity contribution in [3.63, 3.8) is 0 Å². The second-order valence-corrected chi connectivity index (χ2v) is 4.98. The van der Waals surface area contributed by atoms with E-state index in [4.69, 9.17) is 5.73 Å². The molecule has 1 aliphatic rings. The number of hydrogen-bond donors (Lipinski definition) is 1. The molecular weight excluding hydrogens is 206 g/mol. The van der Waals surface area contributed by atoms with Crippen LogP contribution in [0.15, 0.2) is 0 Å². The zero-order valence-corrected chi connectivity index (χ0v) is 10.3. The van der Waals surface area contributed by atoms with E-state index in [1.807, 2.05) is 13.8 Å². The van der Waals surface area contributed by atoms with Crippen LogP contribution < -0.4 is 5.73 Å². The van der Waals surface area contributed by atoms with Crippen molar-refractivity contribution in [3.05, 3.63) is 0 Å². The van der Waals surface area contributed by atoms with Crippen LogP contribution in [0.1, 0.15) is 20.3 Å². The molecule has 0 aromatic heterocycles. The summed E-state index contributed by atoms with van der Waals surface area (Å²) < 4.78 is 0. The van der Waals surface area contributed by atoms with Gasteiger partial charge in [-0.2, -0.15) is 0 Å². The fraction of sp³-hybridized carbons (Fsp3) is 0.818. The van der Waals surface area contributed by atoms with E-state index in [9.17, 15) is 9.59 Å². The van der Waals surface area contributed by atoms with Crippen molar-refractivity contribution in [1.82, 2.24) is 9.80 Å². The van der Waals surface area contributed by atoms with Gasteiger partial charge >= 0.3 is 0 Å². The topological polar surface area (TPSA) is 66.6 Å². The predicted octanol–water partition coefficient (Wildman–Crippen LogP) is -0.338. The summed E-state index contributed by atoms with van der Waals surface area (Å²) in [6, 6.07) is 0. The third-order valence-electron chi connectivity index (χ3n) is 3.05. The summed E-state index contributed by atoms with van der Waals surface area (Å²) in [5.41, 5.74) is 4.99. The van der Waals surface area contributed by atoms with E-state index in [1.54, 1.807) is 16.8 Å². The Labute approximate surface area is 96.6 Å². The summed E-state index contributed by atoms with van der Waals surface area (Å²) in [7, 11) is 1.77. The molecule has 5 nitrogen and oxygen atoms in total. The van der Waals surface area contributed by atoms with Gasteiger partial charge in [0.2, 0.25) is 11.8 Å². The second-order valence-electron chi connectivity index (χ2n) is 4.98. The minimum Gasteiger partial charge on any atom is -0.344 e. The predicted molar refractivity (Wildman–Crippen MR) is 61.7 cm³/mol. The summed E-state index contributed by atoms with van der Waals surface area (Å²) in [6.07, 6.45) is 0.828. The van der Waals surface area contributed by atoms with Gasteiger partial charge in [0.05, 0.1) is 12.0 Å². The van der Waals surface area contributed by atoms with Crippen molar-refractivity contribution >= 4 is 11.8 Å². The number of nitrogens with two attached hydrogens (primary N) is 1. The first kappa shape index (κ1) is 13.0. The van der Waals surface area contributed by atoms with Crippen LogP contribution >= 0.6 is 0 Å². The Bertz CT molecular complexity index is 289. The van der Waals surface area contributed by atoms with Crippen molar-refractivity contribution in [3.8, 4) is 0 Å². The molecule has 0 atom stereocenters. The van der Waals surface area contributed by atoms with Crippen molar-refractivity contribution in [1.29, 1.82) is 0 Å². The highest BCUT2D eigenvalue weighted by Crippen LogP contribution is 2.18. The van der Waals surface area contributed by atoms with Gasteiger partial charge in [0.1, 0.15) is 0 Å². The fourth-order valence-electron chi connectivity index (χ4n) is 1.68. The van der Waals surface area contributed by atoms with Gasteiger partial charge in [0, 0.05) is 26.7 Å². The van der Waals surface area contributed by atoms with Crippen molar-refractivity contribution in [2.24, 2.45) is 11.1 Å². The Kier molecular flexibility index (Phi) is 3.91. The molecule has 0 bridgehead atoms. The van der Waals surface area contributed by atoms with Gasteiger partial charge in [-0.1, -0.05) is 0 Å². The second kappa shape index (κ2) is 4.82. The van der Waals surface area contributed by atoms with Crippen LogP contribution in [0.3, 0.4) is 0 Å². The third-order valence-corrected chi connectivity index (χ3v) is 3.05. The lowest BCUT2D eigenvalue weighted by molar-refractivity contribution is -0.143. The van der Waals surface area contributed by atoms with Gasteiger partial charge in [-0.05, 0) is 20.3 Å². The molecule has 0 aromatic carbocycles. The Hall–Kier alpha value is -1.10. The van der Waals surface area contributed by atoms with Crippen LogP contribution in [0.4, 0.5) is 0 Å². The molecule has 0 aliphatic carbocycles. The Morgan fingerprint density at radius 3 is 2.62 bits per heavy atom. The Morgan fingerprint density at radius 2 is 2.06 bits per heavy atom. The van der Waals surface area contributed by atoms with E-state index in [2.05, 4.69) is 0 Å². The SMILES string of the molecule is CN1CCCN(C(=O)C(C)(C)CN)CC1=O. The summed E-state index contributed by atoms with van der Waals surface area (Å²) in [5, 5.41) is 0. The van der Waals surface area contributed by atoms with Crippen molar-refractivity contribution < 1.29 is 9.59 Å². The molecule has 1 fully saturated rings. The summed E-state index contributed by atoms with van der Waals surface area (Å²) >= 11 is 0. The van der Waals surface area contributed by atoms with Crippen LogP contribution in [-0.2, 0) is 9.59 Å². The first-order valence-electron chi connectivity index (χ1n) is 5.62. The molecular formula is C11H21N3O2. The average Bonchev–Trinajstić information content (AvgIpc) is 2.41. The number of carbonyl (C=O) groups is 2. The smallest absolute Gasteiger partial charge is 0.241 e. The molecule has 2 N–H and O–H groups in total. The third kappa shape index (κ3) is 2.72. The molecule has 0 saturated carbocycles. The summed E-state index contributed by atoms with van der Waals surface area (Å²) in [4.78, 5) is 27.1. The first-order chi connectivity index (χ1) is 7.38. The number of rotatable bonds is 2. The van der Waals surface area contributed by atoms with Gasteiger partial charge in [0.25, 0.3) is 0 Å². The highest BCUT2D eigenvalue weighted by Gasteiger charge is 2.33. The maximum atomic E-state index is 12.1. The van der Waals surface area contributed by atoms with Crippen LogP contribution in [0, 0.1) is 5.41 Å². The normalized spacial score (nSPS) is 18.6. The van der Waals surface area contributed by atoms with E-state index in [-0.39, 0.29) is 18.4 Å². The van der Waals surface area contributed by atoms with Crippen molar-refractivity contribution in [2.75, 3.05) is 33.2 Å². The lowest BCUT2D eigenvalue weighted by Gasteiger charge is -2.29.